The van der Waals surface area contributed by atoms with Crippen molar-refractivity contribution in [3.05, 3.63) is 50.9 Å². The first-order valence-electron chi connectivity index (χ1n) is 8.71. The number of alkyl halides is 2. The van der Waals surface area contributed by atoms with Gasteiger partial charge in [-0.3, -0.25) is 9.59 Å². The Kier molecular flexibility index (Phi) is 6.53. The van der Waals surface area contributed by atoms with Crippen molar-refractivity contribution in [3.8, 4) is 5.75 Å². The maximum absolute atomic E-state index is 12.4. The molecule has 0 fully saturated rings. The van der Waals surface area contributed by atoms with Crippen molar-refractivity contribution in [2.75, 3.05) is 5.32 Å². The van der Waals surface area contributed by atoms with Gasteiger partial charge in [-0.15, -0.1) is 23.1 Å². The average Bonchev–Trinajstić information content (AvgIpc) is 2.95. The molecule has 2 aromatic heterocycles. The second-order valence-electron chi connectivity index (χ2n) is 6.32. The predicted octanol–water partition coefficient (Wildman–Crippen LogP) is 4.46. The van der Waals surface area contributed by atoms with E-state index < -0.39 is 11.9 Å². The minimum Gasteiger partial charge on any atom is -0.435 e. The Morgan fingerprint density at radius 1 is 1.31 bits per heavy atom. The number of anilines is 1. The number of fused-ring (bicyclic) bond motifs is 1. The van der Waals surface area contributed by atoms with Crippen LogP contribution >= 0.6 is 23.1 Å². The van der Waals surface area contributed by atoms with Gasteiger partial charge in [-0.25, -0.2) is 4.98 Å². The lowest BCUT2D eigenvalue weighted by Crippen LogP contribution is -2.23. The molecule has 29 heavy (non-hydrogen) atoms. The Morgan fingerprint density at radius 2 is 2.00 bits per heavy atom. The van der Waals surface area contributed by atoms with E-state index in [1.54, 1.807) is 6.92 Å². The number of hydrogen-bond donors (Lipinski definition) is 2. The van der Waals surface area contributed by atoms with E-state index in [-0.39, 0.29) is 17.2 Å². The van der Waals surface area contributed by atoms with Gasteiger partial charge in [0.1, 0.15) is 16.4 Å². The lowest BCUT2D eigenvalue weighted by atomic mass is 10.2. The number of benzene rings is 1. The van der Waals surface area contributed by atoms with Crippen molar-refractivity contribution in [2.45, 2.75) is 38.4 Å². The van der Waals surface area contributed by atoms with Gasteiger partial charge in [-0.2, -0.15) is 8.78 Å². The van der Waals surface area contributed by atoms with Crippen LogP contribution in [0.4, 0.5) is 14.5 Å². The number of nitrogens with one attached hydrogen (secondary N) is 2. The molecule has 0 saturated heterocycles. The molecule has 0 aliphatic carbocycles. The molecule has 1 atom stereocenters. The maximum atomic E-state index is 12.4. The molecule has 0 bridgehead atoms. The molecule has 2 N–H and O–H groups in total. The zero-order chi connectivity index (χ0) is 21.1. The smallest absolute Gasteiger partial charge is 0.387 e. The average molecular weight is 440 g/mol. The highest BCUT2D eigenvalue weighted by atomic mass is 32.2. The third-order valence-electron chi connectivity index (χ3n) is 4.27. The standard InChI is InChI=1S/C19H19F2N3O3S2/c1-9-10(2)29-18-15(9)17(26)23-14(24-18)8-28-11(3)16(25)22-12-4-6-13(7-5-12)27-19(20)21/h4-7,11,19H,8H2,1-3H3,(H,22,25)(H,23,24,26). The summed E-state index contributed by atoms with van der Waals surface area (Å²) < 4.78 is 28.6. The highest BCUT2D eigenvalue weighted by Gasteiger charge is 2.16. The normalized spacial score (nSPS) is 12.3. The number of carbonyl (C=O) groups excluding carboxylic acids is 1. The summed E-state index contributed by atoms with van der Waals surface area (Å²) >= 11 is 2.81. The summed E-state index contributed by atoms with van der Waals surface area (Å²) in [5, 5.41) is 2.92. The number of aromatic amines is 1. The van der Waals surface area contributed by atoms with Crippen LogP contribution in [0.5, 0.6) is 5.75 Å². The largest absolute Gasteiger partial charge is 0.435 e. The molecule has 6 nitrogen and oxygen atoms in total. The lowest BCUT2D eigenvalue weighted by molar-refractivity contribution is -0.115. The summed E-state index contributed by atoms with van der Waals surface area (Å²) in [7, 11) is 0. The van der Waals surface area contributed by atoms with Crippen molar-refractivity contribution in [3.63, 3.8) is 0 Å². The van der Waals surface area contributed by atoms with E-state index in [4.69, 9.17) is 0 Å². The number of H-pyrrole nitrogens is 1. The zero-order valence-electron chi connectivity index (χ0n) is 15.9. The van der Waals surface area contributed by atoms with Gasteiger partial charge < -0.3 is 15.0 Å². The number of aryl methyl sites for hydroxylation is 2. The molecule has 10 heteroatoms. The number of rotatable bonds is 7. The molecular formula is C19H19F2N3O3S2. The van der Waals surface area contributed by atoms with Crippen LogP contribution in [0, 0.1) is 13.8 Å². The minimum absolute atomic E-state index is 0.0184. The van der Waals surface area contributed by atoms with E-state index in [2.05, 4.69) is 20.0 Å². The van der Waals surface area contributed by atoms with Crippen LogP contribution in [-0.4, -0.2) is 27.7 Å². The first-order chi connectivity index (χ1) is 13.7. The molecule has 3 aromatic rings. The van der Waals surface area contributed by atoms with E-state index in [1.807, 2.05) is 13.8 Å². The maximum Gasteiger partial charge on any atom is 0.387 e. The molecule has 1 amide bonds. The zero-order valence-corrected chi connectivity index (χ0v) is 17.5. The van der Waals surface area contributed by atoms with Crippen LogP contribution in [0.2, 0.25) is 0 Å². The van der Waals surface area contributed by atoms with Crippen molar-refractivity contribution >= 4 is 44.9 Å². The van der Waals surface area contributed by atoms with E-state index >= 15 is 0 Å². The molecule has 0 aliphatic heterocycles. The third-order valence-corrected chi connectivity index (χ3v) is 6.53. The molecule has 0 radical (unpaired) electrons. The van der Waals surface area contributed by atoms with Crippen molar-refractivity contribution in [2.24, 2.45) is 0 Å². The number of thiophene rings is 1. The van der Waals surface area contributed by atoms with E-state index in [1.165, 1.54) is 47.4 Å². The molecular weight excluding hydrogens is 420 g/mol. The van der Waals surface area contributed by atoms with E-state index in [0.29, 0.717) is 27.5 Å². The van der Waals surface area contributed by atoms with Crippen molar-refractivity contribution in [1.82, 2.24) is 9.97 Å². The van der Waals surface area contributed by atoms with Gasteiger partial charge in [-0.05, 0) is 50.6 Å². The van der Waals surface area contributed by atoms with Crippen LogP contribution in [0.3, 0.4) is 0 Å². The number of nitrogens with zero attached hydrogens (tertiary/aromatic N) is 1. The van der Waals surface area contributed by atoms with Gasteiger partial charge in [0.15, 0.2) is 0 Å². The van der Waals surface area contributed by atoms with Gasteiger partial charge in [0.25, 0.3) is 5.56 Å². The van der Waals surface area contributed by atoms with Crippen LogP contribution in [0.15, 0.2) is 29.1 Å². The summed E-state index contributed by atoms with van der Waals surface area (Å²) in [6.07, 6.45) is 0. The molecule has 154 valence electrons. The first-order valence-corrected chi connectivity index (χ1v) is 10.6. The van der Waals surface area contributed by atoms with E-state index in [0.717, 1.165) is 10.4 Å². The monoisotopic (exact) mass is 439 g/mol. The fourth-order valence-electron chi connectivity index (χ4n) is 2.61. The second-order valence-corrected chi connectivity index (χ2v) is 8.85. The fourth-order valence-corrected chi connectivity index (χ4v) is 4.41. The summed E-state index contributed by atoms with van der Waals surface area (Å²) in [4.78, 5) is 33.7. The Hall–Kier alpha value is -2.46. The van der Waals surface area contributed by atoms with Gasteiger partial charge >= 0.3 is 6.61 Å². The number of halogens is 2. The summed E-state index contributed by atoms with van der Waals surface area (Å²) in [6, 6.07) is 5.69. The molecule has 3 rings (SSSR count). The SMILES string of the molecule is Cc1sc2nc(CSC(C)C(=O)Nc3ccc(OC(F)F)cc3)[nH]c(=O)c2c1C. The number of thioether (sulfide) groups is 1. The van der Waals surface area contributed by atoms with Crippen LogP contribution < -0.4 is 15.6 Å². The quantitative estimate of drug-likeness (QED) is 0.568. The molecule has 0 aliphatic rings. The van der Waals surface area contributed by atoms with Gasteiger partial charge in [-0.1, -0.05) is 0 Å². The van der Waals surface area contributed by atoms with Gasteiger partial charge in [0, 0.05) is 10.6 Å². The number of aromatic nitrogens is 2. The predicted molar refractivity (Wildman–Crippen MR) is 112 cm³/mol. The van der Waals surface area contributed by atoms with Gasteiger partial charge in [0.05, 0.1) is 16.4 Å². The summed E-state index contributed by atoms with van der Waals surface area (Å²) in [6.45, 7) is 2.70. The highest BCUT2D eigenvalue weighted by Crippen LogP contribution is 2.27. The number of carbonyl (C=O) groups is 1. The van der Waals surface area contributed by atoms with Crippen LogP contribution in [0.1, 0.15) is 23.2 Å². The number of amides is 1. The molecule has 0 spiro atoms. The lowest BCUT2D eigenvalue weighted by Gasteiger charge is -2.12. The van der Waals surface area contributed by atoms with E-state index in [9.17, 15) is 18.4 Å². The van der Waals surface area contributed by atoms with Crippen molar-refractivity contribution in [1.29, 1.82) is 0 Å². The molecule has 1 unspecified atom stereocenters. The second kappa shape index (κ2) is 8.91. The number of ether oxygens (including phenoxy) is 1. The fraction of sp³-hybridized carbons (Fsp3) is 0.316. The summed E-state index contributed by atoms with van der Waals surface area (Å²) in [5.41, 5.74) is 1.24. The Bertz CT molecular complexity index is 1080. The Morgan fingerprint density at radius 3 is 2.66 bits per heavy atom. The first kappa shape index (κ1) is 21.3. The Balaban J connectivity index is 1.60. The van der Waals surface area contributed by atoms with Crippen molar-refractivity contribution < 1.29 is 18.3 Å². The number of hydrogen-bond acceptors (Lipinski definition) is 6. The van der Waals surface area contributed by atoms with Crippen LogP contribution in [0.25, 0.3) is 10.2 Å². The molecule has 2 heterocycles. The molecule has 1 aromatic carbocycles. The molecule has 0 saturated carbocycles. The minimum atomic E-state index is -2.90. The van der Waals surface area contributed by atoms with Gasteiger partial charge in [0.2, 0.25) is 5.91 Å². The van der Waals surface area contributed by atoms with Crippen LogP contribution in [-0.2, 0) is 10.5 Å². The summed E-state index contributed by atoms with van der Waals surface area (Å²) in [5.74, 6) is 0.660. The topological polar surface area (TPSA) is 84.1 Å². The highest BCUT2D eigenvalue weighted by molar-refractivity contribution is 7.99. The third kappa shape index (κ3) is 5.13. The Labute approximate surface area is 173 Å².